The highest BCUT2D eigenvalue weighted by Gasteiger charge is 2.21. The van der Waals surface area contributed by atoms with Crippen LogP contribution in [0.2, 0.25) is 0 Å². The molecule has 4 heteroatoms. The lowest BCUT2D eigenvalue weighted by Gasteiger charge is -2.33. The fourth-order valence-corrected chi connectivity index (χ4v) is 3.36. The first-order valence-electron chi connectivity index (χ1n) is 9.56. The van der Waals surface area contributed by atoms with E-state index in [9.17, 15) is 4.39 Å². The largest absolute Gasteiger partial charge is 0.494 e. The van der Waals surface area contributed by atoms with Crippen LogP contribution in [0, 0.1) is 5.82 Å². The summed E-state index contributed by atoms with van der Waals surface area (Å²) in [5.74, 6) is 0.713. The van der Waals surface area contributed by atoms with Crippen molar-refractivity contribution in [2.24, 2.45) is 0 Å². The lowest BCUT2D eigenvalue weighted by atomic mass is 10.1. The van der Waals surface area contributed by atoms with Gasteiger partial charge >= 0.3 is 0 Å². The van der Waals surface area contributed by atoms with E-state index in [1.165, 1.54) is 18.1 Å². The first-order valence-corrected chi connectivity index (χ1v) is 9.56. The molecule has 1 aliphatic heterocycles. The molecule has 0 N–H and O–H groups in total. The van der Waals surface area contributed by atoms with Gasteiger partial charge in [0.1, 0.15) is 11.6 Å². The normalized spacial score (nSPS) is 18.0. The summed E-state index contributed by atoms with van der Waals surface area (Å²) in [5, 5.41) is 0. The summed E-state index contributed by atoms with van der Waals surface area (Å²) in [6, 6.07) is 15.1. The van der Waals surface area contributed by atoms with Crippen LogP contribution >= 0.6 is 0 Å². The number of ether oxygens (including phenoxy) is 2. The molecule has 0 saturated carbocycles. The summed E-state index contributed by atoms with van der Waals surface area (Å²) in [5.41, 5.74) is 1.95. The molecule has 3 nitrogen and oxygen atoms in total. The van der Waals surface area contributed by atoms with Crippen molar-refractivity contribution in [3.8, 4) is 5.75 Å². The molecule has 1 fully saturated rings. The molecule has 0 bridgehead atoms. The van der Waals surface area contributed by atoms with Crippen LogP contribution in [0.3, 0.4) is 0 Å². The van der Waals surface area contributed by atoms with Crippen molar-refractivity contribution >= 4 is 0 Å². The summed E-state index contributed by atoms with van der Waals surface area (Å²) in [6.45, 7) is 6.69. The van der Waals surface area contributed by atoms with E-state index < -0.39 is 0 Å². The first kappa shape index (κ1) is 18.9. The molecule has 1 aliphatic rings. The highest BCUT2D eigenvalue weighted by atomic mass is 19.1. The average molecular weight is 357 g/mol. The Morgan fingerprint density at radius 3 is 2.73 bits per heavy atom. The maximum absolute atomic E-state index is 13.6. The maximum Gasteiger partial charge on any atom is 0.126 e. The van der Waals surface area contributed by atoms with E-state index in [0.29, 0.717) is 13.0 Å². The number of morpholine rings is 1. The minimum Gasteiger partial charge on any atom is -0.494 e. The average Bonchev–Trinajstić information content (AvgIpc) is 2.67. The van der Waals surface area contributed by atoms with Crippen LogP contribution in [-0.4, -0.2) is 37.7 Å². The second-order valence-corrected chi connectivity index (χ2v) is 6.77. The number of hydrogen-bond donors (Lipinski definition) is 0. The zero-order chi connectivity index (χ0) is 18.2. The molecule has 2 aromatic rings. The highest BCUT2D eigenvalue weighted by Crippen LogP contribution is 2.24. The van der Waals surface area contributed by atoms with E-state index in [-0.39, 0.29) is 11.9 Å². The molecule has 0 amide bonds. The summed E-state index contributed by atoms with van der Waals surface area (Å²) >= 11 is 0. The standard InChI is InChI=1S/C22H28FNO2/c1-2-13-24-14-16-26-22(17-24)19-9-11-20(12-10-19)25-15-5-7-18-6-3-4-8-21(18)23/h3-4,6,8-12,22H,2,5,7,13-17H2,1H3. The number of nitrogens with zero attached hydrogens (tertiary/aromatic N) is 1. The predicted octanol–water partition coefficient (Wildman–Crippen LogP) is 4.62. The molecule has 140 valence electrons. The molecule has 1 atom stereocenters. The van der Waals surface area contributed by atoms with E-state index in [2.05, 4.69) is 24.0 Å². The van der Waals surface area contributed by atoms with Crippen molar-refractivity contribution in [1.29, 1.82) is 0 Å². The Bertz CT molecular complexity index is 672. The molecule has 1 heterocycles. The van der Waals surface area contributed by atoms with Crippen LogP contribution < -0.4 is 4.74 Å². The Morgan fingerprint density at radius 1 is 1.15 bits per heavy atom. The highest BCUT2D eigenvalue weighted by molar-refractivity contribution is 5.29. The third-order valence-electron chi connectivity index (χ3n) is 4.76. The monoisotopic (exact) mass is 357 g/mol. The Kier molecular flexibility index (Phi) is 7.04. The van der Waals surface area contributed by atoms with E-state index >= 15 is 0 Å². The van der Waals surface area contributed by atoms with Crippen LogP contribution in [0.5, 0.6) is 5.75 Å². The fourth-order valence-electron chi connectivity index (χ4n) is 3.36. The van der Waals surface area contributed by atoms with Gasteiger partial charge in [0, 0.05) is 13.1 Å². The molecule has 0 aliphatic carbocycles. The van der Waals surface area contributed by atoms with E-state index in [4.69, 9.17) is 9.47 Å². The van der Waals surface area contributed by atoms with Crippen LogP contribution in [0.15, 0.2) is 48.5 Å². The smallest absolute Gasteiger partial charge is 0.126 e. The van der Waals surface area contributed by atoms with Gasteiger partial charge in [-0.3, -0.25) is 4.90 Å². The van der Waals surface area contributed by atoms with Gasteiger partial charge in [0.05, 0.1) is 19.3 Å². The van der Waals surface area contributed by atoms with Crippen molar-refractivity contribution < 1.29 is 13.9 Å². The van der Waals surface area contributed by atoms with E-state index in [1.807, 2.05) is 24.3 Å². The van der Waals surface area contributed by atoms with Gasteiger partial charge in [-0.15, -0.1) is 0 Å². The minimum atomic E-state index is -0.138. The van der Waals surface area contributed by atoms with Gasteiger partial charge in [-0.25, -0.2) is 4.39 Å². The molecule has 1 saturated heterocycles. The van der Waals surface area contributed by atoms with Gasteiger partial charge in [0.25, 0.3) is 0 Å². The summed E-state index contributed by atoms with van der Waals surface area (Å²) in [6.07, 6.45) is 2.80. The molecule has 0 aromatic heterocycles. The lowest BCUT2D eigenvalue weighted by molar-refractivity contribution is -0.0298. The second-order valence-electron chi connectivity index (χ2n) is 6.77. The zero-order valence-electron chi connectivity index (χ0n) is 15.5. The molecule has 1 unspecified atom stereocenters. The third kappa shape index (κ3) is 5.29. The SMILES string of the molecule is CCCN1CCOC(c2ccc(OCCCc3ccccc3F)cc2)C1. The maximum atomic E-state index is 13.6. The first-order chi connectivity index (χ1) is 12.8. The minimum absolute atomic E-state index is 0.138. The van der Waals surface area contributed by atoms with Gasteiger partial charge in [-0.2, -0.15) is 0 Å². The topological polar surface area (TPSA) is 21.7 Å². The summed E-state index contributed by atoms with van der Waals surface area (Å²) < 4.78 is 25.3. The van der Waals surface area contributed by atoms with E-state index in [0.717, 1.165) is 44.0 Å². The van der Waals surface area contributed by atoms with Gasteiger partial charge in [-0.05, 0) is 55.1 Å². The third-order valence-corrected chi connectivity index (χ3v) is 4.76. The number of benzene rings is 2. The predicted molar refractivity (Wildman–Crippen MR) is 102 cm³/mol. The van der Waals surface area contributed by atoms with Crippen LogP contribution in [0.25, 0.3) is 0 Å². The van der Waals surface area contributed by atoms with Crippen LogP contribution in [0.4, 0.5) is 4.39 Å². The molecule has 2 aromatic carbocycles. The van der Waals surface area contributed by atoms with Crippen molar-refractivity contribution in [3.63, 3.8) is 0 Å². The number of aryl methyl sites for hydroxylation is 1. The van der Waals surface area contributed by atoms with Gasteiger partial charge in [-0.1, -0.05) is 37.3 Å². The molecule has 0 radical (unpaired) electrons. The molecular formula is C22H28FNO2. The molecule has 3 rings (SSSR count). The fraction of sp³-hybridized carbons (Fsp3) is 0.455. The molecule has 0 spiro atoms. The molecular weight excluding hydrogens is 329 g/mol. The summed E-state index contributed by atoms with van der Waals surface area (Å²) in [4.78, 5) is 2.46. The second kappa shape index (κ2) is 9.70. The summed E-state index contributed by atoms with van der Waals surface area (Å²) in [7, 11) is 0. The number of rotatable bonds is 8. The van der Waals surface area contributed by atoms with Gasteiger partial charge in [0.15, 0.2) is 0 Å². The van der Waals surface area contributed by atoms with Crippen LogP contribution in [-0.2, 0) is 11.2 Å². The number of hydrogen-bond acceptors (Lipinski definition) is 3. The lowest BCUT2D eigenvalue weighted by Crippen LogP contribution is -2.38. The van der Waals surface area contributed by atoms with Gasteiger partial charge in [0.2, 0.25) is 0 Å². The van der Waals surface area contributed by atoms with Crippen molar-refractivity contribution in [2.75, 3.05) is 32.8 Å². The van der Waals surface area contributed by atoms with E-state index in [1.54, 1.807) is 6.07 Å². The van der Waals surface area contributed by atoms with Crippen molar-refractivity contribution in [2.45, 2.75) is 32.3 Å². The van der Waals surface area contributed by atoms with Crippen molar-refractivity contribution in [3.05, 3.63) is 65.5 Å². The Morgan fingerprint density at radius 2 is 1.96 bits per heavy atom. The Hall–Kier alpha value is -1.91. The van der Waals surface area contributed by atoms with Gasteiger partial charge < -0.3 is 9.47 Å². The number of halogens is 1. The Balaban J connectivity index is 1.45. The van der Waals surface area contributed by atoms with Crippen molar-refractivity contribution in [1.82, 2.24) is 4.90 Å². The zero-order valence-corrected chi connectivity index (χ0v) is 15.5. The Labute approximate surface area is 155 Å². The van der Waals surface area contributed by atoms with Crippen LogP contribution in [0.1, 0.15) is 37.0 Å². The quantitative estimate of drug-likeness (QED) is 0.644. The molecule has 26 heavy (non-hydrogen) atoms.